The number of benzene rings is 2. The maximum Gasteiger partial charge on any atom is 0.266 e. The van der Waals surface area contributed by atoms with Crippen LogP contribution in [0.5, 0.6) is 5.75 Å². The second kappa shape index (κ2) is 7.09. The Kier molecular flexibility index (Phi) is 4.66. The Bertz CT molecular complexity index is 934. The minimum atomic E-state index is -0.109. The minimum Gasteiger partial charge on any atom is -0.485 e. The zero-order valence-corrected chi connectivity index (χ0v) is 15.8. The molecule has 1 fully saturated rings. The van der Waals surface area contributed by atoms with Gasteiger partial charge >= 0.3 is 0 Å². The normalized spacial score (nSPS) is 20.8. The first kappa shape index (κ1) is 17.1. The number of carbonyl (C=O) groups is 1. The van der Waals surface area contributed by atoms with Gasteiger partial charge < -0.3 is 4.74 Å². The molecule has 0 N–H and O–H groups in total. The molecule has 0 aromatic heterocycles. The van der Waals surface area contributed by atoms with Crippen molar-refractivity contribution in [2.45, 2.75) is 19.6 Å². The third-order valence-electron chi connectivity index (χ3n) is 4.37. The molecule has 2 aliphatic rings. The Hall–Kier alpha value is -2.37. The summed E-state index contributed by atoms with van der Waals surface area (Å²) in [5, 5.41) is 0. The molecular formula is C21H17NO2S2. The molecule has 0 aliphatic carbocycles. The Morgan fingerprint density at radius 3 is 2.69 bits per heavy atom. The van der Waals surface area contributed by atoms with Crippen molar-refractivity contribution in [3.63, 3.8) is 0 Å². The van der Waals surface area contributed by atoms with Gasteiger partial charge in [-0.3, -0.25) is 9.69 Å². The number of carbonyl (C=O) groups excluding carboxylic acids is 1. The van der Waals surface area contributed by atoms with Crippen molar-refractivity contribution in [3.05, 3.63) is 82.3 Å². The van der Waals surface area contributed by atoms with E-state index in [2.05, 4.69) is 6.08 Å². The maximum absolute atomic E-state index is 12.8. The Morgan fingerprint density at radius 2 is 1.88 bits per heavy atom. The standard InChI is InChI=1S/C21H17NO2S2/c1-14-17(11-16-9-5-6-10-18(16)24-14)12-19-20(23)22(21(25)26-19)13-15-7-3-2-4-8-15/h2-12,14H,13H2,1H3/b19-12+/t14-/m1/s1. The number of fused-ring (bicyclic) bond motifs is 1. The summed E-state index contributed by atoms with van der Waals surface area (Å²) in [7, 11) is 0. The summed E-state index contributed by atoms with van der Waals surface area (Å²) >= 11 is 6.78. The average molecular weight is 380 g/mol. The Labute approximate surface area is 162 Å². The second-order valence-corrected chi connectivity index (χ2v) is 7.87. The number of nitrogens with zero attached hydrogens (tertiary/aromatic N) is 1. The summed E-state index contributed by atoms with van der Waals surface area (Å²) in [4.78, 5) is 15.1. The number of thiocarbonyl (C=S) groups is 1. The smallest absolute Gasteiger partial charge is 0.266 e. The number of hydrogen-bond acceptors (Lipinski definition) is 4. The van der Waals surface area contributed by atoms with Crippen LogP contribution in [0.2, 0.25) is 0 Å². The zero-order chi connectivity index (χ0) is 18.1. The average Bonchev–Trinajstić information content (AvgIpc) is 2.91. The molecule has 2 aromatic carbocycles. The summed E-state index contributed by atoms with van der Waals surface area (Å²) in [6, 6.07) is 17.8. The molecule has 1 saturated heterocycles. The zero-order valence-electron chi connectivity index (χ0n) is 14.2. The van der Waals surface area contributed by atoms with Gasteiger partial charge in [0.15, 0.2) is 0 Å². The van der Waals surface area contributed by atoms with Gasteiger partial charge in [0, 0.05) is 5.56 Å². The number of thioether (sulfide) groups is 1. The van der Waals surface area contributed by atoms with Crippen LogP contribution >= 0.6 is 24.0 Å². The van der Waals surface area contributed by atoms with Crippen molar-refractivity contribution in [1.29, 1.82) is 0 Å². The van der Waals surface area contributed by atoms with E-state index in [0.717, 1.165) is 22.4 Å². The van der Waals surface area contributed by atoms with Crippen molar-refractivity contribution >= 4 is 40.3 Å². The van der Waals surface area contributed by atoms with Crippen LogP contribution < -0.4 is 4.74 Å². The van der Waals surface area contributed by atoms with Gasteiger partial charge in [0.05, 0.1) is 11.4 Å². The van der Waals surface area contributed by atoms with Crippen LogP contribution in [0.1, 0.15) is 18.1 Å². The van der Waals surface area contributed by atoms with Gasteiger partial charge in [0.1, 0.15) is 16.2 Å². The van der Waals surface area contributed by atoms with E-state index in [9.17, 15) is 4.79 Å². The number of para-hydroxylation sites is 1. The fourth-order valence-corrected chi connectivity index (χ4v) is 4.23. The number of rotatable bonds is 3. The van der Waals surface area contributed by atoms with Crippen LogP contribution in [-0.4, -0.2) is 21.2 Å². The molecule has 3 nitrogen and oxygen atoms in total. The Balaban J connectivity index is 1.59. The van der Waals surface area contributed by atoms with Gasteiger partial charge in [-0.15, -0.1) is 0 Å². The monoisotopic (exact) mass is 379 g/mol. The predicted octanol–water partition coefficient (Wildman–Crippen LogP) is 4.80. The highest BCUT2D eigenvalue weighted by molar-refractivity contribution is 8.26. The first-order chi connectivity index (χ1) is 12.6. The lowest BCUT2D eigenvalue weighted by molar-refractivity contribution is -0.122. The summed E-state index contributed by atoms with van der Waals surface area (Å²) in [5.41, 5.74) is 3.06. The predicted molar refractivity (Wildman–Crippen MR) is 110 cm³/mol. The minimum absolute atomic E-state index is 0.0455. The van der Waals surface area contributed by atoms with Crippen LogP contribution in [0.15, 0.2) is 71.2 Å². The molecular weight excluding hydrogens is 362 g/mol. The van der Waals surface area contributed by atoms with Crippen molar-refractivity contribution in [2.75, 3.05) is 0 Å². The quantitative estimate of drug-likeness (QED) is 0.566. The van der Waals surface area contributed by atoms with Crippen molar-refractivity contribution < 1.29 is 9.53 Å². The van der Waals surface area contributed by atoms with E-state index < -0.39 is 0 Å². The lowest BCUT2D eigenvalue weighted by Crippen LogP contribution is -2.27. The summed E-state index contributed by atoms with van der Waals surface area (Å²) in [6.07, 6.45) is 3.88. The third kappa shape index (κ3) is 3.32. The van der Waals surface area contributed by atoms with Crippen LogP contribution in [0.4, 0.5) is 0 Å². The lowest BCUT2D eigenvalue weighted by Gasteiger charge is -2.23. The molecule has 5 heteroatoms. The first-order valence-electron chi connectivity index (χ1n) is 8.38. The van der Waals surface area contributed by atoms with Crippen molar-refractivity contribution in [1.82, 2.24) is 4.90 Å². The third-order valence-corrected chi connectivity index (χ3v) is 5.75. The van der Waals surface area contributed by atoms with E-state index in [1.807, 2.05) is 67.6 Å². The summed E-state index contributed by atoms with van der Waals surface area (Å²) < 4.78 is 6.55. The molecule has 0 radical (unpaired) electrons. The topological polar surface area (TPSA) is 29.5 Å². The van der Waals surface area contributed by atoms with Crippen molar-refractivity contribution in [2.24, 2.45) is 0 Å². The Morgan fingerprint density at radius 1 is 1.15 bits per heavy atom. The molecule has 1 atom stereocenters. The molecule has 130 valence electrons. The molecule has 26 heavy (non-hydrogen) atoms. The van der Waals surface area contributed by atoms with E-state index >= 15 is 0 Å². The fraction of sp³-hybridized carbons (Fsp3) is 0.143. The molecule has 2 heterocycles. The molecule has 0 spiro atoms. The highest BCUT2D eigenvalue weighted by Crippen LogP contribution is 2.36. The maximum atomic E-state index is 12.8. The van der Waals surface area contributed by atoms with Gasteiger partial charge in [-0.05, 0) is 36.3 Å². The first-order valence-corrected chi connectivity index (χ1v) is 9.61. The highest BCUT2D eigenvalue weighted by Gasteiger charge is 2.32. The molecule has 2 aliphatic heterocycles. The number of hydrogen-bond donors (Lipinski definition) is 0. The molecule has 0 saturated carbocycles. The molecule has 1 amide bonds. The molecule has 2 aromatic rings. The second-order valence-electron chi connectivity index (χ2n) is 6.20. The van der Waals surface area contributed by atoms with Gasteiger partial charge in [-0.2, -0.15) is 0 Å². The summed E-state index contributed by atoms with van der Waals surface area (Å²) in [6.45, 7) is 2.49. The fourth-order valence-electron chi connectivity index (χ4n) is 2.98. The van der Waals surface area contributed by atoms with E-state index in [1.54, 1.807) is 4.90 Å². The van der Waals surface area contributed by atoms with Gasteiger partial charge in [0.2, 0.25) is 0 Å². The van der Waals surface area contributed by atoms with Crippen LogP contribution in [-0.2, 0) is 11.3 Å². The molecule has 0 bridgehead atoms. The highest BCUT2D eigenvalue weighted by atomic mass is 32.2. The largest absolute Gasteiger partial charge is 0.485 e. The number of amides is 1. The van der Waals surface area contributed by atoms with E-state index in [1.165, 1.54) is 11.8 Å². The SMILES string of the molecule is C[C@H]1Oc2ccccc2C=C1/C=C1/SC(=S)N(Cc2ccccc2)C1=O. The van der Waals surface area contributed by atoms with Crippen LogP contribution in [0.25, 0.3) is 6.08 Å². The van der Waals surface area contributed by atoms with E-state index in [-0.39, 0.29) is 12.0 Å². The molecule has 0 unspecified atom stereocenters. The van der Waals surface area contributed by atoms with Crippen LogP contribution in [0.3, 0.4) is 0 Å². The molecule has 4 rings (SSSR count). The van der Waals surface area contributed by atoms with Gasteiger partial charge in [-0.25, -0.2) is 0 Å². The lowest BCUT2D eigenvalue weighted by atomic mass is 10.0. The van der Waals surface area contributed by atoms with Gasteiger partial charge in [-0.1, -0.05) is 72.5 Å². The summed E-state index contributed by atoms with van der Waals surface area (Å²) in [5.74, 6) is 0.824. The van der Waals surface area contributed by atoms with Crippen molar-refractivity contribution in [3.8, 4) is 5.75 Å². The van der Waals surface area contributed by atoms with Crippen LogP contribution in [0, 0.1) is 0 Å². The van der Waals surface area contributed by atoms with E-state index in [0.29, 0.717) is 15.8 Å². The number of ether oxygens (including phenoxy) is 1. The van der Waals surface area contributed by atoms with Gasteiger partial charge in [0.25, 0.3) is 5.91 Å². The van der Waals surface area contributed by atoms with E-state index in [4.69, 9.17) is 17.0 Å².